The number of carboxylic acid groups (broad SMARTS) is 1. The molecule has 2 heterocycles. The molecule has 0 aliphatic carbocycles. The van der Waals surface area contributed by atoms with E-state index in [0.29, 0.717) is 0 Å². The van der Waals surface area contributed by atoms with Gasteiger partial charge in [0.15, 0.2) is 6.04 Å². The Morgan fingerprint density at radius 3 is 2.33 bits per heavy atom. The van der Waals surface area contributed by atoms with E-state index in [2.05, 4.69) is 16.9 Å². The number of carboxylic acids is 1. The van der Waals surface area contributed by atoms with Crippen LogP contribution in [-0.2, 0) is 11.8 Å². The van der Waals surface area contributed by atoms with E-state index >= 15 is 0 Å². The molecule has 1 aliphatic heterocycles. The Morgan fingerprint density at radius 2 is 1.75 bits per heavy atom. The molecule has 3 rings (SSSR count). The van der Waals surface area contributed by atoms with Gasteiger partial charge in [0.05, 0.1) is 11.4 Å². The molecule has 24 heavy (non-hydrogen) atoms. The predicted octanol–water partition coefficient (Wildman–Crippen LogP) is 1.77. The van der Waals surface area contributed by atoms with Crippen molar-refractivity contribution >= 4 is 5.97 Å². The maximum Gasteiger partial charge on any atom is 0.327 e. The largest absolute Gasteiger partial charge is 0.480 e. The Bertz CT molecular complexity index is 718. The van der Waals surface area contributed by atoms with Gasteiger partial charge in [-0.05, 0) is 14.0 Å². The lowest BCUT2D eigenvalue weighted by Crippen LogP contribution is -2.48. The molecule has 128 valence electrons. The van der Waals surface area contributed by atoms with E-state index < -0.39 is 12.0 Å². The van der Waals surface area contributed by atoms with Crippen LogP contribution in [0.5, 0.6) is 0 Å². The first-order valence-corrected chi connectivity index (χ1v) is 8.23. The van der Waals surface area contributed by atoms with Crippen LogP contribution in [0, 0.1) is 6.92 Å². The average Bonchev–Trinajstić information content (AvgIpc) is 2.86. The molecule has 1 aromatic heterocycles. The van der Waals surface area contributed by atoms with Crippen LogP contribution in [0.4, 0.5) is 0 Å². The Kier molecular flexibility index (Phi) is 4.69. The van der Waals surface area contributed by atoms with Crippen molar-refractivity contribution in [2.45, 2.75) is 13.0 Å². The van der Waals surface area contributed by atoms with Crippen molar-refractivity contribution in [1.29, 1.82) is 0 Å². The second kappa shape index (κ2) is 6.75. The maximum absolute atomic E-state index is 12.0. The summed E-state index contributed by atoms with van der Waals surface area (Å²) in [6, 6.07) is 9.23. The molecule has 0 spiro atoms. The zero-order valence-corrected chi connectivity index (χ0v) is 14.4. The van der Waals surface area contributed by atoms with Gasteiger partial charge >= 0.3 is 5.97 Å². The molecular weight excluding hydrogens is 304 g/mol. The van der Waals surface area contributed by atoms with Gasteiger partial charge in [-0.2, -0.15) is 0 Å². The number of rotatable bonds is 4. The van der Waals surface area contributed by atoms with E-state index in [0.717, 1.165) is 49.0 Å². The van der Waals surface area contributed by atoms with Crippen LogP contribution in [0.2, 0.25) is 0 Å². The lowest BCUT2D eigenvalue weighted by atomic mass is 10.1. The van der Waals surface area contributed by atoms with Gasteiger partial charge in [0.25, 0.3) is 0 Å². The third-order valence-electron chi connectivity index (χ3n) is 4.75. The third kappa shape index (κ3) is 3.07. The molecule has 0 amide bonds. The van der Waals surface area contributed by atoms with E-state index in [-0.39, 0.29) is 0 Å². The van der Waals surface area contributed by atoms with Crippen molar-refractivity contribution in [3.8, 4) is 11.4 Å². The zero-order valence-electron chi connectivity index (χ0n) is 14.4. The fourth-order valence-electron chi connectivity index (χ4n) is 3.40. The third-order valence-corrected chi connectivity index (χ3v) is 4.75. The Labute approximate surface area is 142 Å². The highest BCUT2D eigenvalue weighted by atomic mass is 16.4. The quantitative estimate of drug-likeness (QED) is 0.927. The van der Waals surface area contributed by atoms with Gasteiger partial charge < -0.3 is 14.6 Å². The van der Waals surface area contributed by atoms with Crippen LogP contribution in [0.25, 0.3) is 11.4 Å². The highest BCUT2D eigenvalue weighted by molar-refractivity contribution is 5.76. The molecule has 1 aromatic carbocycles. The molecule has 0 bridgehead atoms. The van der Waals surface area contributed by atoms with Crippen molar-refractivity contribution in [1.82, 2.24) is 19.4 Å². The fourth-order valence-corrected chi connectivity index (χ4v) is 3.40. The summed E-state index contributed by atoms with van der Waals surface area (Å²) in [5, 5.41) is 9.88. The summed E-state index contributed by atoms with van der Waals surface area (Å²) in [4.78, 5) is 21.0. The average molecular weight is 328 g/mol. The van der Waals surface area contributed by atoms with Crippen molar-refractivity contribution in [3.05, 3.63) is 41.7 Å². The lowest BCUT2D eigenvalue weighted by Gasteiger charge is -2.36. The monoisotopic (exact) mass is 328 g/mol. The van der Waals surface area contributed by atoms with Gasteiger partial charge in [0.1, 0.15) is 5.82 Å². The number of carbonyl (C=O) groups is 1. The first-order valence-electron chi connectivity index (χ1n) is 8.23. The minimum absolute atomic E-state index is 0.659. The van der Waals surface area contributed by atoms with E-state index in [1.54, 1.807) is 0 Å². The smallest absolute Gasteiger partial charge is 0.327 e. The molecule has 6 heteroatoms. The van der Waals surface area contributed by atoms with E-state index in [1.165, 1.54) is 0 Å². The first kappa shape index (κ1) is 16.7. The molecule has 1 unspecified atom stereocenters. The van der Waals surface area contributed by atoms with Gasteiger partial charge in [0, 0.05) is 38.8 Å². The molecule has 1 aliphatic rings. The van der Waals surface area contributed by atoms with E-state index in [9.17, 15) is 9.90 Å². The lowest BCUT2D eigenvalue weighted by molar-refractivity contribution is -0.144. The van der Waals surface area contributed by atoms with E-state index in [1.807, 2.05) is 53.8 Å². The minimum Gasteiger partial charge on any atom is -0.480 e. The fraction of sp³-hybridized carbons (Fsp3) is 0.444. The molecule has 0 radical (unpaired) electrons. The van der Waals surface area contributed by atoms with Gasteiger partial charge in [-0.25, -0.2) is 4.98 Å². The van der Waals surface area contributed by atoms with Crippen LogP contribution in [0.1, 0.15) is 17.4 Å². The number of aliphatic carboxylic acids is 1. The second-order valence-electron chi connectivity index (χ2n) is 6.41. The number of likely N-dealkylation sites (N-methyl/N-ethyl adjacent to an activating group) is 1. The highest BCUT2D eigenvalue weighted by Gasteiger charge is 2.34. The summed E-state index contributed by atoms with van der Waals surface area (Å²) >= 11 is 0. The summed E-state index contributed by atoms with van der Waals surface area (Å²) in [6.45, 7) is 5.16. The highest BCUT2D eigenvalue weighted by Crippen LogP contribution is 2.29. The van der Waals surface area contributed by atoms with Crippen LogP contribution < -0.4 is 0 Å². The van der Waals surface area contributed by atoms with Crippen LogP contribution in [-0.4, -0.2) is 63.7 Å². The number of nitrogens with zero attached hydrogens (tertiary/aromatic N) is 4. The first-order chi connectivity index (χ1) is 11.5. The minimum atomic E-state index is -0.815. The Hall–Kier alpha value is -2.18. The molecule has 6 nitrogen and oxygen atoms in total. The van der Waals surface area contributed by atoms with Crippen LogP contribution in [0.3, 0.4) is 0 Å². The number of aryl methyl sites for hydroxylation is 1. The standard InChI is InChI=1S/C18H24N4O2/c1-13-15(16(18(23)24)22-11-9-20(2)10-12-22)21(3)17(19-13)14-7-5-4-6-8-14/h4-8,16H,9-12H2,1-3H3,(H,23,24). The molecule has 0 saturated carbocycles. The van der Waals surface area contributed by atoms with Gasteiger partial charge in [-0.15, -0.1) is 0 Å². The summed E-state index contributed by atoms with van der Waals surface area (Å²) in [6.07, 6.45) is 0. The molecule has 1 fully saturated rings. The molecule has 1 N–H and O–H groups in total. The number of hydrogen-bond acceptors (Lipinski definition) is 4. The number of piperazine rings is 1. The van der Waals surface area contributed by atoms with Crippen LogP contribution >= 0.6 is 0 Å². The maximum atomic E-state index is 12.0. The number of imidazole rings is 1. The van der Waals surface area contributed by atoms with Crippen LogP contribution in [0.15, 0.2) is 30.3 Å². The summed E-state index contributed by atoms with van der Waals surface area (Å²) < 4.78 is 1.93. The predicted molar refractivity (Wildman–Crippen MR) is 92.8 cm³/mol. The Balaban J connectivity index is 2.00. The zero-order chi connectivity index (χ0) is 17.3. The van der Waals surface area contributed by atoms with Crippen molar-refractivity contribution < 1.29 is 9.90 Å². The van der Waals surface area contributed by atoms with E-state index in [4.69, 9.17) is 0 Å². The number of hydrogen-bond donors (Lipinski definition) is 1. The van der Waals surface area contributed by atoms with Gasteiger partial charge in [0.2, 0.25) is 0 Å². The summed E-state index contributed by atoms with van der Waals surface area (Å²) in [5.41, 5.74) is 2.55. The normalized spacial score (nSPS) is 17.8. The van der Waals surface area contributed by atoms with Crippen molar-refractivity contribution in [3.63, 3.8) is 0 Å². The molecule has 1 saturated heterocycles. The summed E-state index contributed by atoms with van der Waals surface area (Å²) in [7, 11) is 3.97. The number of benzene rings is 1. The molecule has 1 atom stereocenters. The molecular formula is C18H24N4O2. The SMILES string of the molecule is Cc1nc(-c2ccccc2)n(C)c1C(C(=O)O)N1CCN(C)CC1. The van der Waals surface area contributed by atoms with Gasteiger partial charge in [-0.3, -0.25) is 9.69 Å². The topological polar surface area (TPSA) is 61.6 Å². The van der Waals surface area contributed by atoms with Gasteiger partial charge in [-0.1, -0.05) is 30.3 Å². The Morgan fingerprint density at radius 1 is 1.12 bits per heavy atom. The molecule has 2 aromatic rings. The van der Waals surface area contributed by atoms with Crippen molar-refractivity contribution in [2.24, 2.45) is 7.05 Å². The van der Waals surface area contributed by atoms with Crippen molar-refractivity contribution in [2.75, 3.05) is 33.2 Å². The summed E-state index contributed by atoms with van der Waals surface area (Å²) in [5.74, 6) is -0.00579. The number of aromatic nitrogens is 2. The second-order valence-corrected chi connectivity index (χ2v) is 6.41.